The SMILES string of the molecule is C#Cc1ccc(-c2ccc(N(c3ccc(C#C)cc3)c3ccc(-c4ccc(C#C)cc4)s3)s2)cc1. The van der Waals surface area contributed by atoms with Gasteiger partial charge in [-0.3, -0.25) is 4.90 Å². The smallest absolute Gasteiger partial charge is 0.101 e. The molecule has 5 aromatic rings. The molecule has 0 saturated carbocycles. The molecule has 0 amide bonds. The third-order valence-electron chi connectivity index (χ3n) is 5.59. The molecule has 0 aliphatic rings. The maximum Gasteiger partial charge on any atom is 0.101 e. The largest absolute Gasteiger partial charge is 0.293 e. The first-order valence-corrected chi connectivity index (χ1v) is 12.5. The molecular weight excluding hydrogens is 462 g/mol. The number of terminal acetylenes is 3. The lowest BCUT2D eigenvalue weighted by Crippen LogP contribution is -2.06. The molecule has 0 N–H and O–H groups in total. The van der Waals surface area contributed by atoms with Crippen molar-refractivity contribution in [2.75, 3.05) is 4.90 Å². The summed E-state index contributed by atoms with van der Waals surface area (Å²) in [6.45, 7) is 0. The quantitative estimate of drug-likeness (QED) is 0.227. The molecule has 0 atom stereocenters. The molecule has 2 heterocycles. The summed E-state index contributed by atoms with van der Waals surface area (Å²) < 4.78 is 0. The first-order valence-electron chi connectivity index (χ1n) is 10.9. The minimum absolute atomic E-state index is 0.856. The van der Waals surface area contributed by atoms with Crippen LogP contribution in [0.4, 0.5) is 15.7 Å². The number of anilines is 3. The Labute approximate surface area is 214 Å². The van der Waals surface area contributed by atoms with E-state index in [2.05, 4.69) is 83.3 Å². The summed E-state index contributed by atoms with van der Waals surface area (Å²) in [7, 11) is 0. The molecule has 0 spiro atoms. The molecule has 3 heteroatoms. The number of thiophene rings is 2. The zero-order valence-corrected chi connectivity index (χ0v) is 20.4. The second-order valence-corrected chi connectivity index (χ2v) is 9.87. The summed E-state index contributed by atoms with van der Waals surface area (Å²) in [4.78, 5) is 4.62. The second-order valence-electron chi connectivity index (χ2n) is 7.75. The van der Waals surface area contributed by atoms with E-state index < -0.39 is 0 Å². The topological polar surface area (TPSA) is 3.24 Å². The first-order chi connectivity index (χ1) is 17.2. The van der Waals surface area contributed by atoms with E-state index in [1.54, 1.807) is 22.7 Å². The molecule has 0 saturated heterocycles. The monoisotopic (exact) mass is 481 g/mol. The van der Waals surface area contributed by atoms with Gasteiger partial charge in [0.1, 0.15) is 10.0 Å². The Hall–Kier alpha value is -4.46. The van der Waals surface area contributed by atoms with Crippen molar-refractivity contribution >= 4 is 38.4 Å². The van der Waals surface area contributed by atoms with Crippen molar-refractivity contribution in [2.45, 2.75) is 0 Å². The zero-order chi connectivity index (χ0) is 24.2. The zero-order valence-electron chi connectivity index (χ0n) is 18.7. The van der Waals surface area contributed by atoms with Gasteiger partial charge >= 0.3 is 0 Å². The van der Waals surface area contributed by atoms with Crippen molar-refractivity contribution in [1.29, 1.82) is 0 Å². The van der Waals surface area contributed by atoms with Crippen LogP contribution in [0.1, 0.15) is 16.7 Å². The van der Waals surface area contributed by atoms with Gasteiger partial charge < -0.3 is 0 Å². The summed E-state index contributed by atoms with van der Waals surface area (Å²) in [5.74, 6) is 8.05. The molecule has 0 unspecified atom stereocenters. The number of hydrogen-bond donors (Lipinski definition) is 0. The van der Waals surface area contributed by atoms with Gasteiger partial charge in [-0.1, -0.05) is 42.0 Å². The Kier molecular flexibility index (Phi) is 6.26. The van der Waals surface area contributed by atoms with Gasteiger partial charge in [0.2, 0.25) is 0 Å². The van der Waals surface area contributed by atoms with Crippen LogP contribution in [0.3, 0.4) is 0 Å². The van der Waals surface area contributed by atoms with Gasteiger partial charge in [0.15, 0.2) is 0 Å². The normalized spacial score (nSPS) is 10.2. The van der Waals surface area contributed by atoms with Crippen LogP contribution in [0.2, 0.25) is 0 Å². The highest BCUT2D eigenvalue weighted by Gasteiger charge is 2.18. The van der Waals surface area contributed by atoms with Crippen LogP contribution in [-0.4, -0.2) is 0 Å². The third kappa shape index (κ3) is 4.63. The van der Waals surface area contributed by atoms with E-state index in [1.807, 2.05) is 36.4 Å². The van der Waals surface area contributed by atoms with E-state index in [4.69, 9.17) is 19.3 Å². The minimum Gasteiger partial charge on any atom is -0.293 e. The predicted octanol–water partition coefficient (Wildman–Crippen LogP) is 8.56. The average molecular weight is 482 g/mol. The van der Waals surface area contributed by atoms with Gasteiger partial charge in [0.25, 0.3) is 0 Å². The molecule has 0 radical (unpaired) electrons. The van der Waals surface area contributed by atoms with Crippen molar-refractivity contribution in [3.05, 3.63) is 114 Å². The maximum absolute atomic E-state index is 5.59. The number of hydrogen-bond acceptors (Lipinski definition) is 3. The Morgan fingerprint density at radius 3 is 1.20 bits per heavy atom. The fourth-order valence-electron chi connectivity index (χ4n) is 3.74. The van der Waals surface area contributed by atoms with Crippen molar-refractivity contribution < 1.29 is 0 Å². The van der Waals surface area contributed by atoms with E-state index in [-0.39, 0.29) is 0 Å². The lowest BCUT2D eigenvalue weighted by Gasteiger charge is -2.21. The van der Waals surface area contributed by atoms with Crippen LogP contribution in [-0.2, 0) is 0 Å². The van der Waals surface area contributed by atoms with Gasteiger partial charge in [-0.2, -0.15) is 0 Å². The van der Waals surface area contributed by atoms with E-state index in [1.165, 1.54) is 9.75 Å². The summed E-state index contributed by atoms with van der Waals surface area (Å²) in [5, 5.41) is 2.23. The predicted molar refractivity (Wildman–Crippen MR) is 152 cm³/mol. The fourth-order valence-corrected chi connectivity index (χ4v) is 5.89. The minimum atomic E-state index is 0.856. The van der Waals surface area contributed by atoms with Crippen LogP contribution < -0.4 is 4.90 Å². The summed E-state index contributed by atoms with van der Waals surface area (Å²) in [5.41, 5.74) is 5.95. The fraction of sp³-hybridized carbons (Fsp3) is 0. The molecule has 0 aliphatic carbocycles. The van der Waals surface area contributed by atoms with Crippen LogP contribution >= 0.6 is 22.7 Å². The highest BCUT2D eigenvalue weighted by atomic mass is 32.1. The Morgan fingerprint density at radius 1 is 0.457 bits per heavy atom. The number of rotatable bonds is 5. The van der Waals surface area contributed by atoms with Crippen LogP contribution in [0.15, 0.2) is 97.1 Å². The molecule has 35 heavy (non-hydrogen) atoms. The molecule has 0 aliphatic heterocycles. The average Bonchev–Trinajstić information content (AvgIpc) is 3.60. The second kappa shape index (κ2) is 9.80. The molecule has 3 aromatic carbocycles. The molecule has 164 valence electrons. The first kappa shape index (κ1) is 22.3. The van der Waals surface area contributed by atoms with Crippen LogP contribution in [0, 0.1) is 37.0 Å². The van der Waals surface area contributed by atoms with Gasteiger partial charge in [0.05, 0.1) is 0 Å². The highest BCUT2D eigenvalue weighted by Crippen LogP contribution is 2.45. The lowest BCUT2D eigenvalue weighted by atomic mass is 10.1. The number of benzene rings is 3. The molecule has 1 nitrogen and oxygen atoms in total. The Bertz CT molecular complexity index is 1500. The van der Waals surface area contributed by atoms with E-state index >= 15 is 0 Å². The van der Waals surface area contributed by atoms with E-state index in [0.29, 0.717) is 0 Å². The highest BCUT2D eigenvalue weighted by molar-refractivity contribution is 7.21. The van der Waals surface area contributed by atoms with Gasteiger partial charge in [-0.25, -0.2) is 0 Å². The van der Waals surface area contributed by atoms with Crippen molar-refractivity contribution in [3.63, 3.8) is 0 Å². The Balaban J connectivity index is 1.55. The Morgan fingerprint density at radius 2 is 0.829 bits per heavy atom. The van der Waals surface area contributed by atoms with Crippen LogP contribution in [0.5, 0.6) is 0 Å². The molecule has 5 rings (SSSR count). The third-order valence-corrected chi connectivity index (χ3v) is 7.83. The summed E-state index contributed by atoms with van der Waals surface area (Å²) in [6.07, 6.45) is 16.6. The molecule has 0 fully saturated rings. The maximum atomic E-state index is 5.59. The van der Waals surface area contributed by atoms with Gasteiger partial charge in [0, 0.05) is 32.1 Å². The van der Waals surface area contributed by atoms with Crippen molar-refractivity contribution in [1.82, 2.24) is 0 Å². The van der Waals surface area contributed by atoms with Gasteiger partial charge in [-0.15, -0.1) is 41.9 Å². The standard InChI is InChI=1S/C32H19NS2/c1-4-23-7-13-26(14-8-23)29-19-21-31(34-29)33(28-17-11-25(6-3)12-18-28)32-22-20-30(35-32)27-15-9-24(5-2)10-16-27/h1-3,7-22H. The summed E-state index contributed by atoms with van der Waals surface area (Å²) in [6, 6.07) is 32.9. The molecular formula is C32H19NS2. The number of nitrogens with zero attached hydrogens (tertiary/aromatic N) is 1. The molecule has 0 bridgehead atoms. The van der Waals surface area contributed by atoms with Gasteiger partial charge in [-0.05, 0) is 83.9 Å². The summed E-state index contributed by atoms with van der Waals surface area (Å²) >= 11 is 3.47. The van der Waals surface area contributed by atoms with Crippen molar-refractivity contribution in [2.24, 2.45) is 0 Å². The molecule has 2 aromatic heterocycles. The van der Waals surface area contributed by atoms with E-state index in [9.17, 15) is 0 Å². The van der Waals surface area contributed by atoms with Crippen LogP contribution in [0.25, 0.3) is 20.9 Å². The van der Waals surface area contributed by atoms with Crippen molar-refractivity contribution in [3.8, 4) is 57.9 Å². The van der Waals surface area contributed by atoms with E-state index in [0.717, 1.165) is 43.5 Å². The lowest BCUT2D eigenvalue weighted by molar-refractivity contribution is 1.35.